The molecule has 0 saturated heterocycles. The molecule has 104 valence electrons. The van der Waals surface area contributed by atoms with Crippen LogP contribution in [0.4, 0.5) is 0 Å². The normalized spacial score (nSPS) is 9.90. The van der Waals surface area contributed by atoms with Gasteiger partial charge in [-0.3, -0.25) is 4.98 Å². The Morgan fingerprint density at radius 3 is 2.50 bits per heavy atom. The summed E-state index contributed by atoms with van der Waals surface area (Å²) in [5.74, 6) is 0.639. The van der Waals surface area contributed by atoms with Crippen molar-refractivity contribution in [3.63, 3.8) is 0 Å². The number of carbonyl (C=O) groups excluding carboxylic acids is 1. The third-order valence-corrected chi connectivity index (χ3v) is 2.73. The number of ether oxygens (including phenoxy) is 3. The van der Waals surface area contributed by atoms with E-state index in [2.05, 4.69) is 9.72 Å². The van der Waals surface area contributed by atoms with Crippen LogP contribution in [0, 0.1) is 0 Å². The molecule has 0 atom stereocenters. The molecule has 0 radical (unpaired) electrons. The van der Waals surface area contributed by atoms with Gasteiger partial charge in [-0.25, -0.2) is 4.79 Å². The van der Waals surface area contributed by atoms with E-state index < -0.39 is 5.97 Å². The zero-order valence-electron chi connectivity index (χ0n) is 11.3. The standard InChI is InChI=1S/C15H15NO4/c1-18-13-4-3-12(15(17)19-2)9-14(13)20-10-11-5-7-16-8-6-11/h3-9H,10H2,1-2H3. The van der Waals surface area contributed by atoms with Gasteiger partial charge in [-0.1, -0.05) is 0 Å². The van der Waals surface area contributed by atoms with E-state index in [0.29, 0.717) is 23.7 Å². The Morgan fingerprint density at radius 1 is 1.10 bits per heavy atom. The minimum absolute atomic E-state index is 0.365. The number of pyridine rings is 1. The van der Waals surface area contributed by atoms with Gasteiger partial charge < -0.3 is 14.2 Å². The summed E-state index contributed by atoms with van der Waals surface area (Å²) in [4.78, 5) is 15.5. The van der Waals surface area contributed by atoms with Crippen LogP contribution in [0.2, 0.25) is 0 Å². The van der Waals surface area contributed by atoms with Crippen LogP contribution in [0.25, 0.3) is 0 Å². The molecule has 2 rings (SSSR count). The molecule has 0 amide bonds. The molecule has 0 N–H and O–H groups in total. The Bertz CT molecular complexity index is 584. The lowest BCUT2D eigenvalue weighted by Gasteiger charge is -2.11. The fourth-order valence-electron chi connectivity index (χ4n) is 1.67. The van der Waals surface area contributed by atoms with Crippen molar-refractivity contribution in [1.29, 1.82) is 0 Å². The zero-order chi connectivity index (χ0) is 14.4. The molecule has 20 heavy (non-hydrogen) atoms. The summed E-state index contributed by atoms with van der Waals surface area (Å²) < 4.78 is 15.6. The molecule has 0 spiro atoms. The van der Waals surface area contributed by atoms with E-state index in [1.165, 1.54) is 7.11 Å². The maximum absolute atomic E-state index is 11.5. The summed E-state index contributed by atoms with van der Waals surface area (Å²) in [6, 6.07) is 8.62. The summed E-state index contributed by atoms with van der Waals surface area (Å²) in [5, 5.41) is 0. The molecule has 1 heterocycles. The number of hydrogen-bond donors (Lipinski definition) is 0. The lowest BCUT2D eigenvalue weighted by atomic mass is 10.2. The molecule has 1 aromatic carbocycles. The van der Waals surface area contributed by atoms with Crippen molar-refractivity contribution < 1.29 is 19.0 Å². The minimum Gasteiger partial charge on any atom is -0.493 e. The fourth-order valence-corrected chi connectivity index (χ4v) is 1.67. The quantitative estimate of drug-likeness (QED) is 0.783. The van der Waals surface area contributed by atoms with Gasteiger partial charge in [0, 0.05) is 12.4 Å². The SMILES string of the molecule is COC(=O)c1ccc(OC)c(OCc2ccncc2)c1. The first-order valence-electron chi connectivity index (χ1n) is 6.02. The van der Waals surface area contributed by atoms with E-state index in [4.69, 9.17) is 9.47 Å². The Hall–Kier alpha value is -2.56. The number of aromatic nitrogens is 1. The van der Waals surface area contributed by atoms with Crippen LogP contribution in [0.3, 0.4) is 0 Å². The van der Waals surface area contributed by atoms with Gasteiger partial charge in [-0.15, -0.1) is 0 Å². The molecule has 0 saturated carbocycles. The molecule has 0 aliphatic heterocycles. The number of hydrogen-bond acceptors (Lipinski definition) is 5. The second kappa shape index (κ2) is 6.56. The van der Waals surface area contributed by atoms with Crippen LogP contribution in [0.5, 0.6) is 11.5 Å². The Kier molecular flexibility index (Phi) is 4.55. The van der Waals surface area contributed by atoms with Gasteiger partial charge >= 0.3 is 5.97 Å². The molecule has 2 aromatic rings. The van der Waals surface area contributed by atoms with E-state index in [0.717, 1.165) is 5.56 Å². The lowest BCUT2D eigenvalue weighted by molar-refractivity contribution is 0.0600. The van der Waals surface area contributed by atoms with E-state index >= 15 is 0 Å². The Balaban J connectivity index is 2.18. The van der Waals surface area contributed by atoms with Crippen molar-refractivity contribution in [2.24, 2.45) is 0 Å². The Labute approximate surface area is 117 Å². The van der Waals surface area contributed by atoms with E-state index in [1.807, 2.05) is 12.1 Å². The smallest absolute Gasteiger partial charge is 0.337 e. The van der Waals surface area contributed by atoms with E-state index in [1.54, 1.807) is 37.7 Å². The van der Waals surface area contributed by atoms with Crippen molar-refractivity contribution in [3.05, 3.63) is 53.9 Å². The molecule has 5 nitrogen and oxygen atoms in total. The molecule has 0 bridgehead atoms. The highest BCUT2D eigenvalue weighted by Crippen LogP contribution is 2.29. The van der Waals surface area contributed by atoms with Crippen LogP contribution < -0.4 is 9.47 Å². The van der Waals surface area contributed by atoms with Crippen LogP contribution in [0.15, 0.2) is 42.7 Å². The van der Waals surface area contributed by atoms with Crippen LogP contribution in [-0.2, 0) is 11.3 Å². The predicted molar refractivity (Wildman–Crippen MR) is 72.9 cm³/mol. The highest BCUT2D eigenvalue weighted by atomic mass is 16.5. The van der Waals surface area contributed by atoms with Crippen molar-refractivity contribution in [2.45, 2.75) is 6.61 Å². The monoisotopic (exact) mass is 273 g/mol. The largest absolute Gasteiger partial charge is 0.493 e. The number of rotatable bonds is 5. The number of esters is 1. The summed E-state index contributed by atoms with van der Waals surface area (Å²) in [5.41, 5.74) is 1.39. The third-order valence-electron chi connectivity index (χ3n) is 2.73. The molecule has 5 heteroatoms. The summed E-state index contributed by atoms with van der Waals surface area (Å²) in [6.07, 6.45) is 3.39. The van der Waals surface area contributed by atoms with Gasteiger partial charge in [-0.05, 0) is 35.9 Å². The molecule has 0 aliphatic carbocycles. The number of methoxy groups -OCH3 is 2. The number of benzene rings is 1. The van der Waals surface area contributed by atoms with Gasteiger partial charge in [0.1, 0.15) is 6.61 Å². The molecule has 0 fully saturated rings. The van der Waals surface area contributed by atoms with Gasteiger partial charge in [0.15, 0.2) is 11.5 Å². The van der Waals surface area contributed by atoms with Crippen molar-refractivity contribution in [3.8, 4) is 11.5 Å². The summed E-state index contributed by atoms with van der Waals surface area (Å²) in [6.45, 7) is 0.365. The van der Waals surface area contributed by atoms with Crippen molar-refractivity contribution in [1.82, 2.24) is 4.98 Å². The van der Waals surface area contributed by atoms with Crippen molar-refractivity contribution >= 4 is 5.97 Å². The molecule has 0 aliphatic rings. The highest BCUT2D eigenvalue weighted by Gasteiger charge is 2.11. The molecular weight excluding hydrogens is 258 g/mol. The first-order valence-corrected chi connectivity index (χ1v) is 6.02. The van der Waals surface area contributed by atoms with Crippen LogP contribution in [0.1, 0.15) is 15.9 Å². The maximum Gasteiger partial charge on any atom is 0.337 e. The van der Waals surface area contributed by atoms with Gasteiger partial charge in [0.05, 0.1) is 19.8 Å². The fraction of sp³-hybridized carbons (Fsp3) is 0.200. The first kappa shape index (κ1) is 13.9. The predicted octanol–water partition coefficient (Wildman–Crippen LogP) is 2.46. The molecule has 1 aromatic heterocycles. The molecular formula is C15H15NO4. The van der Waals surface area contributed by atoms with E-state index in [9.17, 15) is 4.79 Å². The second-order valence-corrected chi connectivity index (χ2v) is 4.00. The van der Waals surface area contributed by atoms with Gasteiger partial charge in [0.25, 0.3) is 0 Å². The number of nitrogens with zero attached hydrogens (tertiary/aromatic N) is 1. The Morgan fingerprint density at radius 2 is 1.85 bits per heavy atom. The maximum atomic E-state index is 11.5. The topological polar surface area (TPSA) is 57.7 Å². The third kappa shape index (κ3) is 3.26. The first-order chi connectivity index (χ1) is 9.74. The van der Waals surface area contributed by atoms with Gasteiger partial charge in [0.2, 0.25) is 0 Å². The van der Waals surface area contributed by atoms with Crippen molar-refractivity contribution in [2.75, 3.05) is 14.2 Å². The second-order valence-electron chi connectivity index (χ2n) is 4.00. The zero-order valence-corrected chi connectivity index (χ0v) is 11.3. The van der Waals surface area contributed by atoms with Crippen LogP contribution in [-0.4, -0.2) is 25.2 Å². The lowest BCUT2D eigenvalue weighted by Crippen LogP contribution is -2.03. The minimum atomic E-state index is -0.415. The van der Waals surface area contributed by atoms with Gasteiger partial charge in [-0.2, -0.15) is 0 Å². The average Bonchev–Trinajstić information content (AvgIpc) is 2.52. The highest BCUT2D eigenvalue weighted by molar-refractivity contribution is 5.90. The average molecular weight is 273 g/mol. The number of carbonyl (C=O) groups is 1. The summed E-state index contributed by atoms with van der Waals surface area (Å²) in [7, 11) is 2.89. The van der Waals surface area contributed by atoms with E-state index in [-0.39, 0.29) is 0 Å². The van der Waals surface area contributed by atoms with Crippen LogP contribution >= 0.6 is 0 Å². The summed E-state index contributed by atoms with van der Waals surface area (Å²) >= 11 is 0. The molecule has 0 unspecified atom stereocenters.